The fraction of sp³-hybridized carbons (Fsp3) is 0.353. The average molecular weight is 393 g/mol. The lowest BCUT2D eigenvalue weighted by molar-refractivity contribution is -0.384. The number of alkyl halides is 3. The molecule has 0 fully saturated rings. The molecule has 4 rings (SSSR count). The number of benzene rings is 1. The van der Waals surface area contributed by atoms with Crippen LogP contribution in [0.15, 0.2) is 35.5 Å². The van der Waals surface area contributed by atoms with Crippen molar-refractivity contribution in [2.75, 3.05) is 5.32 Å². The predicted molar refractivity (Wildman–Crippen MR) is 90.3 cm³/mol. The third-order valence-corrected chi connectivity index (χ3v) is 4.77. The molecule has 0 saturated heterocycles. The molecule has 0 unspecified atom stereocenters. The van der Waals surface area contributed by atoms with Gasteiger partial charge in [-0.15, -0.1) is 5.10 Å². The number of Topliss-reactive ketones (excluding diaryl/α,β-unsaturated/α-hetero) is 1. The van der Waals surface area contributed by atoms with Crippen molar-refractivity contribution in [3.63, 3.8) is 0 Å². The number of rotatable bonds is 2. The van der Waals surface area contributed by atoms with Gasteiger partial charge in [0.05, 0.1) is 4.92 Å². The Hall–Kier alpha value is -3.24. The number of nitro benzene ring substituents is 1. The van der Waals surface area contributed by atoms with Crippen LogP contribution in [-0.4, -0.2) is 25.5 Å². The first kappa shape index (κ1) is 18.1. The van der Waals surface area contributed by atoms with Gasteiger partial charge >= 0.3 is 6.18 Å². The number of hydrogen-bond donors (Lipinski definition) is 1. The number of carbonyl (C=O) groups is 1. The summed E-state index contributed by atoms with van der Waals surface area (Å²) in [5, 5.41) is 17.5. The lowest BCUT2D eigenvalue weighted by Crippen LogP contribution is -2.33. The SMILES string of the molecule is C[C@@H]1CC(=O)C2=C(C1)Nc1nc(C(F)(F)F)nn1[C@H]2c1cccc([N+](=O)[O-])c1. The van der Waals surface area contributed by atoms with E-state index in [9.17, 15) is 28.1 Å². The number of aromatic nitrogens is 3. The van der Waals surface area contributed by atoms with Crippen molar-refractivity contribution >= 4 is 17.4 Å². The van der Waals surface area contributed by atoms with Crippen LogP contribution in [0.5, 0.6) is 0 Å². The topological polar surface area (TPSA) is 103 Å². The summed E-state index contributed by atoms with van der Waals surface area (Å²) < 4.78 is 40.4. The van der Waals surface area contributed by atoms with E-state index in [0.717, 1.165) is 4.68 Å². The lowest BCUT2D eigenvalue weighted by Gasteiger charge is -2.34. The first-order valence-electron chi connectivity index (χ1n) is 8.46. The van der Waals surface area contributed by atoms with Gasteiger partial charge in [-0.25, -0.2) is 4.68 Å². The second-order valence-electron chi connectivity index (χ2n) is 6.91. The van der Waals surface area contributed by atoms with E-state index in [-0.39, 0.29) is 35.3 Å². The van der Waals surface area contributed by atoms with E-state index >= 15 is 0 Å². The Morgan fingerprint density at radius 1 is 1.32 bits per heavy atom. The van der Waals surface area contributed by atoms with Crippen LogP contribution in [-0.2, 0) is 11.0 Å². The number of carbonyl (C=O) groups excluding carboxylic acids is 1. The first-order chi connectivity index (χ1) is 13.1. The van der Waals surface area contributed by atoms with Gasteiger partial charge in [-0.2, -0.15) is 18.2 Å². The standard InChI is InChI=1S/C17H14F3N5O3/c1-8-5-11-13(12(26)6-8)14(9-3-2-4-10(7-9)25(27)28)24-16(21-11)22-15(23-24)17(18,19)20/h2-4,7-8,14H,5-6H2,1H3,(H,21,22,23)/t8-,14-/m0/s1. The number of ketones is 1. The van der Waals surface area contributed by atoms with Gasteiger partial charge in [0, 0.05) is 29.8 Å². The molecule has 11 heteroatoms. The molecule has 8 nitrogen and oxygen atoms in total. The number of non-ortho nitro benzene ring substituents is 1. The van der Waals surface area contributed by atoms with Crippen molar-refractivity contribution in [3.05, 3.63) is 57.0 Å². The van der Waals surface area contributed by atoms with Crippen LogP contribution in [0, 0.1) is 16.0 Å². The molecule has 0 bridgehead atoms. The Kier molecular flexibility index (Phi) is 3.98. The number of nitro groups is 1. The minimum Gasteiger partial charge on any atom is -0.328 e. The normalized spacial score (nSPS) is 21.8. The first-order valence-corrected chi connectivity index (χ1v) is 8.46. The highest BCUT2D eigenvalue weighted by atomic mass is 19.4. The molecule has 1 aliphatic carbocycles. The van der Waals surface area contributed by atoms with Crippen LogP contribution in [0.1, 0.15) is 37.2 Å². The van der Waals surface area contributed by atoms with Crippen molar-refractivity contribution in [1.82, 2.24) is 14.8 Å². The highest BCUT2D eigenvalue weighted by Crippen LogP contribution is 2.42. The maximum absolute atomic E-state index is 13.1. The summed E-state index contributed by atoms with van der Waals surface area (Å²) >= 11 is 0. The summed E-state index contributed by atoms with van der Waals surface area (Å²) in [5.74, 6) is -1.70. The Bertz CT molecular complexity index is 1030. The predicted octanol–water partition coefficient (Wildman–Crippen LogP) is 3.47. The van der Waals surface area contributed by atoms with Crippen LogP contribution in [0.4, 0.5) is 24.8 Å². The molecule has 2 aliphatic rings. The molecule has 146 valence electrons. The van der Waals surface area contributed by atoms with Gasteiger partial charge in [0.1, 0.15) is 6.04 Å². The summed E-state index contributed by atoms with van der Waals surface area (Å²) in [6.45, 7) is 1.87. The fourth-order valence-electron chi connectivity index (χ4n) is 3.64. The average Bonchev–Trinajstić information content (AvgIpc) is 3.03. The van der Waals surface area contributed by atoms with E-state index in [1.54, 1.807) is 0 Å². The van der Waals surface area contributed by atoms with E-state index in [2.05, 4.69) is 15.4 Å². The molecular weight excluding hydrogens is 379 g/mol. The minimum absolute atomic E-state index is 0.0149. The van der Waals surface area contributed by atoms with Crippen LogP contribution >= 0.6 is 0 Å². The number of nitrogens with one attached hydrogen (secondary N) is 1. The van der Waals surface area contributed by atoms with E-state index in [4.69, 9.17) is 0 Å². The van der Waals surface area contributed by atoms with Crippen LogP contribution in [0.25, 0.3) is 0 Å². The molecule has 1 aromatic carbocycles. The highest BCUT2D eigenvalue weighted by molar-refractivity contribution is 5.99. The largest absolute Gasteiger partial charge is 0.453 e. The zero-order valence-corrected chi connectivity index (χ0v) is 14.5. The number of halogens is 3. The van der Waals surface area contributed by atoms with Crippen molar-refractivity contribution in [2.24, 2.45) is 5.92 Å². The number of anilines is 1. The van der Waals surface area contributed by atoms with Gasteiger partial charge < -0.3 is 5.32 Å². The number of nitrogens with zero attached hydrogens (tertiary/aromatic N) is 4. The zero-order valence-electron chi connectivity index (χ0n) is 14.5. The monoisotopic (exact) mass is 393 g/mol. The van der Waals surface area contributed by atoms with Gasteiger partial charge in [-0.05, 0) is 17.9 Å². The number of fused-ring (bicyclic) bond motifs is 1. The van der Waals surface area contributed by atoms with E-state index < -0.39 is 23.0 Å². The summed E-state index contributed by atoms with van der Waals surface area (Å²) in [7, 11) is 0. The van der Waals surface area contributed by atoms with E-state index in [1.165, 1.54) is 24.3 Å². The number of allylic oxidation sites excluding steroid dienone is 2. The second-order valence-corrected chi connectivity index (χ2v) is 6.91. The lowest BCUT2D eigenvalue weighted by atomic mass is 9.81. The Morgan fingerprint density at radius 3 is 2.75 bits per heavy atom. The molecule has 28 heavy (non-hydrogen) atoms. The molecule has 0 saturated carbocycles. The third-order valence-electron chi connectivity index (χ3n) is 4.77. The van der Waals surface area contributed by atoms with Crippen LogP contribution in [0.3, 0.4) is 0 Å². The summed E-state index contributed by atoms with van der Waals surface area (Å²) in [4.78, 5) is 26.8. The Morgan fingerprint density at radius 2 is 2.07 bits per heavy atom. The van der Waals surface area contributed by atoms with Gasteiger partial charge in [-0.1, -0.05) is 19.1 Å². The number of hydrogen-bond acceptors (Lipinski definition) is 6. The highest BCUT2D eigenvalue weighted by Gasteiger charge is 2.43. The molecular formula is C17H14F3N5O3. The van der Waals surface area contributed by atoms with Gasteiger partial charge in [0.25, 0.3) is 11.5 Å². The molecule has 1 aliphatic heterocycles. The Balaban J connectivity index is 1.92. The van der Waals surface area contributed by atoms with Gasteiger partial charge in [0.15, 0.2) is 5.78 Å². The van der Waals surface area contributed by atoms with E-state index in [0.29, 0.717) is 17.7 Å². The second kappa shape index (κ2) is 6.14. The molecule has 2 atom stereocenters. The van der Waals surface area contributed by atoms with Crippen molar-refractivity contribution in [2.45, 2.75) is 32.0 Å². The molecule has 1 aromatic heterocycles. The molecule has 2 aromatic rings. The van der Waals surface area contributed by atoms with Crippen molar-refractivity contribution in [3.8, 4) is 0 Å². The zero-order chi connectivity index (χ0) is 20.2. The van der Waals surface area contributed by atoms with Crippen molar-refractivity contribution < 1.29 is 22.9 Å². The van der Waals surface area contributed by atoms with Crippen LogP contribution in [0.2, 0.25) is 0 Å². The molecule has 1 N–H and O–H groups in total. The molecule has 2 heterocycles. The minimum atomic E-state index is -4.77. The summed E-state index contributed by atoms with van der Waals surface area (Å²) in [6.07, 6.45) is -4.07. The van der Waals surface area contributed by atoms with E-state index in [1.807, 2.05) is 6.92 Å². The van der Waals surface area contributed by atoms with Crippen molar-refractivity contribution in [1.29, 1.82) is 0 Å². The molecule has 0 spiro atoms. The van der Waals surface area contributed by atoms with Crippen LogP contribution < -0.4 is 5.32 Å². The third kappa shape index (κ3) is 2.92. The van der Waals surface area contributed by atoms with Gasteiger partial charge in [0.2, 0.25) is 5.95 Å². The molecule has 0 radical (unpaired) electrons. The smallest absolute Gasteiger partial charge is 0.328 e. The van der Waals surface area contributed by atoms with Gasteiger partial charge in [-0.3, -0.25) is 14.9 Å². The fourth-order valence-corrected chi connectivity index (χ4v) is 3.64. The molecule has 0 amide bonds. The quantitative estimate of drug-likeness (QED) is 0.619. The summed E-state index contributed by atoms with van der Waals surface area (Å²) in [6, 6.07) is 4.44. The summed E-state index contributed by atoms with van der Waals surface area (Å²) in [5.41, 5.74) is 0.817. The maximum atomic E-state index is 13.1. The Labute approximate surface area is 156 Å². The maximum Gasteiger partial charge on any atom is 0.453 e.